The van der Waals surface area contributed by atoms with Crippen molar-refractivity contribution in [3.63, 3.8) is 0 Å². The smallest absolute Gasteiger partial charge is 0.419 e. The van der Waals surface area contributed by atoms with Crippen LogP contribution in [0.5, 0.6) is 5.75 Å². The zero-order chi connectivity index (χ0) is 14.3. The van der Waals surface area contributed by atoms with Gasteiger partial charge in [0.05, 0.1) is 12.1 Å². The quantitative estimate of drug-likeness (QED) is 0.789. The van der Waals surface area contributed by atoms with E-state index in [9.17, 15) is 18.0 Å². The summed E-state index contributed by atoms with van der Waals surface area (Å²) in [4.78, 5) is 11.1. The third kappa shape index (κ3) is 6.12. The SMILES string of the molecule is Cl.NCCC(=O)NCCOc1ccccc1C(F)(F)F. The molecule has 0 heterocycles. The average Bonchev–Trinajstić information content (AvgIpc) is 2.34. The summed E-state index contributed by atoms with van der Waals surface area (Å²) in [5.74, 6) is -0.502. The lowest BCUT2D eigenvalue weighted by Gasteiger charge is -2.13. The molecule has 1 aromatic carbocycles. The monoisotopic (exact) mass is 312 g/mol. The van der Waals surface area contributed by atoms with Crippen LogP contribution < -0.4 is 15.8 Å². The van der Waals surface area contributed by atoms with Gasteiger partial charge in [-0.05, 0) is 12.1 Å². The zero-order valence-electron chi connectivity index (χ0n) is 10.6. The van der Waals surface area contributed by atoms with Crippen molar-refractivity contribution in [2.75, 3.05) is 19.7 Å². The number of amides is 1. The predicted octanol–water partition coefficient (Wildman–Crippen LogP) is 1.97. The third-order valence-corrected chi connectivity index (χ3v) is 2.25. The fourth-order valence-corrected chi connectivity index (χ4v) is 1.40. The fourth-order valence-electron chi connectivity index (χ4n) is 1.40. The molecular weight excluding hydrogens is 297 g/mol. The molecule has 0 bridgehead atoms. The Kier molecular flexibility index (Phi) is 8.02. The summed E-state index contributed by atoms with van der Waals surface area (Å²) in [6, 6.07) is 4.93. The number of rotatable bonds is 6. The van der Waals surface area contributed by atoms with Crippen LogP contribution in [0, 0.1) is 0 Å². The second-order valence-electron chi connectivity index (χ2n) is 3.73. The molecule has 0 aliphatic rings. The van der Waals surface area contributed by atoms with Gasteiger partial charge in [0.15, 0.2) is 0 Å². The summed E-state index contributed by atoms with van der Waals surface area (Å²) in [6.07, 6.45) is -4.28. The molecule has 0 aliphatic heterocycles. The number of carbonyl (C=O) groups is 1. The van der Waals surface area contributed by atoms with Gasteiger partial charge >= 0.3 is 6.18 Å². The predicted molar refractivity (Wildman–Crippen MR) is 70.9 cm³/mol. The summed E-state index contributed by atoms with van der Waals surface area (Å²) < 4.78 is 42.9. The van der Waals surface area contributed by atoms with Crippen LogP contribution in [-0.2, 0) is 11.0 Å². The largest absolute Gasteiger partial charge is 0.491 e. The number of benzene rings is 1. The highest BCUT2D eigenvalue weighted by atomic mass is 35.5. The molecule has 0 spiro atoms. The Hall–Kier alpha value is -1.47. The highest BCUT2D eigenvalue weighted by Crippen LogP contribution is 2.35. The number of hydrogen-bond donors (Lipinski definition) is 2. The van der Waals surface area contributed by atoms with E-state index in [1.807, 2.05) is 0 Å². The maximum atomic E-state index is 12.6. The standard InChI is InChI=1S/C12H15F3N2O2.ClH/c13-12(14,15)9-3-1-2-4-10(9)19-8-7-17-11(18)5-6-16;/h1-4H,5-8,16H2,(H,17,18);1H. The van der Waals surface area contributed by atoms with E-state index in [0.29, 0.717) is 0 Å². The third-order valence-electron chi connectivity index (χ3n) is 2.25. The van der Waals surface area contributed by atoms with Gasteiger partial charge < -0.3 is 15.8 Å². The van der Waals surface area contributed by atoms with Gasteiger partial charge in [-0.3, -0.25) is 4.79 Å². The Labute approximate surface area is 120 Å². The average molecular weight is 313 g/mol. The van der Waals surface area contributed by atoms with Gasteiger partial charge in [-0.1, -0.05) is 12.1 Å². The Balaban J connectivity index is 0.00000361. The molecule has 0 unspecified atom stereocenters. The molecular formula is C12H16ClF3N2O2. The van der Waals surface area contributed by atoms with E-state index < -0.39 is 11.7 Å². The van der Waals surface area contributed by atoms with E-state index in [4.69, 9.17) is 10.5 Å². The maximum absolute atomic E-state index is 12.6. The fraction of sp³-hybridized carbons (Fsp3) is 0.417. The lowest BCUT2D eigenvalue weighted by molar-refractivity contribution is -0.139. The molecule has 20 heavy (non-hydrogen) atoms. The summed E-state index contributed by atoms with van der Waals surface area (Å²) in [5.41, 5.74) is 4.35. The minimum atomic E-state index is -4.46. The van der Waals surface area contributed by atoms with Gasteiger partial charge in [0, 0.05) is 13.0 Å². The maximum Gasteiger partial charge on any atom is 0.419 e. The van der Waals surface area contributed by atoms with Gasteiger partial charge in [-0.15, -0.1) is 12.4 Å². The highest BCUT2D eigenvalue weighted by Gasteiger charge is 2.33. The van der Waals surface area contributed by atoms with E-state index >= 15 is 0 Å². The molecule has 8 heteroatoms. The molecule has 1 aromatic rings. The van der Waals surface area contributed by atoms with Crippen LogP contribution in [0.2, 0.25) is 0 Å². The topological polar surface area (TPSA) is 64.4 Å². The lowest BCUT2D eigenvalue weighted by atomic mass is 10.2. The van der Waals surface area contributed by atoms with Crippen molar-refractivity contribution < 1.29 is 22.7 Å². The normalized spacial score (nSPS) is 10.6. The number of ether oxygens (including phenoxy) is 1. The van der Waals surface area contributed by atoms with E-state index in [-0.39, 0.29) is 50.2 Å². The van der Waals surface area contributed by atoms with E-state index in [1.165, 1.54) is 18.2 Å². The summed E-state index contributed by atoms with van der Waals surface area (Å²) in [5, 5.41) is 2.49. The van der Waals surface area contributed by atoms with Crippen LogP contribution in [0.15, 0.2) is 24.3 Å². The number of alkyl halides is 3. The van der Waals surface area contributed by atoms with Gasteiger partial charge in [0.2, 0.25) is 5.91 Å². The summed E-state index contributed by atoms with van der Waals surface area (Å²) >= 11 is 0. The molecule has 1 rings (SSSR count). The number of hydrogen-bond acceptors (Lipinski definition) is 3. The van der Waals surface area contributed by atoms with Crippen LogP contribution in [0.3, 0.4) is 0 Å². The number of carbonyl (C=O) groups excluding carboxylic acids is 1. The van der Waals surface area contributed by atoms with E-state index in [1.54, 1.807) is 0 Å². The van der Waals surface area contributed by atoms with Crippen LogP contribution in [-0.4, -0.2) is 25.6 Å². The van der Waals surface area contributed by atoms with Crippen LogP contribution in [0.1, 0.15) is 12.0 Å². The Morgan fingerprint density at radius 1 is 1.30 bits per heavy atom. The lowest BCUT2D eigenvalue weighted by Crippen LogP contribution is -2.29. The van der Waals surface area contributed by atoms with E-state index in [0.717, 1.165) is 6.07 Å². The molecule has 0 fully saturated rings. The second-order valence-corrected chi connectivity index (χ2v) is 3.73. The van der Waals surface area contributed by atoms with Crippen molar-refractivity contribution in [1.82, 2.24) is 5.32 Å². The number of nitrogens with two attached hydrogens (primary N) is 1. The van der Waals surface area contributed by atoms with Crippen molar-refractivity contribution in [2.24, 2.45) is 5.73 Å². The molecule has 4 nitrogen and oxygen atoms in total. The van der Waals surface area contributed by atoms with Crippen molar-refractivity contribution in [1.29, 1.82) is 0 Å². The molecule has 0 saturated carbocycles. The van der Waals surface area contributed by atoms with Crippen molar-refractivity contribution in [2.45, 2.75) is 12.6 Å². The van der Waals surface area contributed by atoms with Gasteiger partial charge in [0.25, 0.3) is 0 Å². The van der Waals surface area contributed by atoms with Crippen LogP contribution in [0.4, 0.5) is 13.2 Å². The molecule has 114 valence electrons. The van der Waals surface area contributed by atoms with Crippen molar-refractivity contribution >= 4 is 18.3 Å². The first-order chi connectivity index (χ1) is 8.95. The van der Waals surface area contributed by atoms with Gasteiger partial charge in [0.1, 0.15) is 12.4 Å². The Morgan fingerprint density at radius 2 is 1.95 bits per heavy atom. The highest BCUT2D eigenvalue weighted by molar-refractivity contribution is 5.85. The molecule has 1 amide bonds. The second kappa shape index (κ2) is 8.65. The summed E-state index contributed by atoms with van der Waals surface area (Å²) in [7, 11) is 0. The molecule has 0 atom stereocenters. The molecule has 0 aliphatic carbocycles. The molecule has 3 N–H and O–H groups in total. The number of para-hydroxylation sites is 1. The Bertz CT molecular complexity index is 427. The van der Waals surface area contributed by atoms with E-state index in [2.05, 4.69) is 5.32 Å². The van der Waals surface area contributed by atoms with Crippen molar-refractivity contribution in [3.05, 3.63) is 29.8 Å². The first-order valence-electron chi connectivity index (χ1n) is 5.71. The van der Waals surface area contributed by atoms with Gasteiger partial charge in [-0.2, -0.15) is 13.2 Å². The molecule has 0 saturated heterocycles. The number of halogens is 4. The number of nitrogens with one attached hydrogen (secondary N) is 1. The minimum absolute atomic E-state index is 0. The van der Waals surface area contributed by atoms with Crippen LogP contribution in [0.25, 0.3) is 0 Å². The van der Waals surface area contributed by atoms with Crippen LogP contribution >= 0.6 is 12.4 Å². The molecule has 0 aromatic heterocycles. The Morgan fingerprint density at radius 3 is 2.55 bits per heavy atom. The molecule has 0 radical (unpaired) electrons. The minimum Gasteiger partial charge on any atom is -0.491 e. The first kappa shape index (κ1) is 18.5. The summed E-state index contributed by atoms with van der Waals surface area (Å²) in [6.45, 7) is 0.317. The van der Waals surface area contributed by atoms with Gasteiger partial charge in [-0.25, -0.2) is 0 Å². The zero-order valence-corrected chi connectivity index (χ0v) is 11.4. The first-order valence-corrected chi connectivity index (χ1v) is 5.71. The van der Waals surface area contributed by atoms with Crippen molar-refractivity contribution in [3.8, 4) is 5.75 Å².